The predicted octanol–water partition coefficient (Wildman–Crippen LogP) is 8.42. The number of nitrogens with one attached hydrogen (secondary N) is 1. The standard InChI is InChI=1S/C21H21N3.3C2H6/c1-13(2)23-20-17-7-5-6-8-19(17)24-15(4)22-12-16-10-9-14(3)11-18(16)21(20)24;3*1-2/h5-11,23H,1,12H2,2-4H3;3*1-2H3. The molecule has 0 unspecified atom stereocenters. The maximum absolute atomic E-state index is 4.81. The molecule has 0 radical (unpaired) electrons. The van der Waals surface area contributed by atoms with Crippen molar-refractivity contribution in [2.45, 2.75) is 68.9 Å². The minimum Gasteiger partial charge on any atom is -0.357 e. The molecule has 1 aromatic heterocycles. The number of aromatic nitrogens is 1. The zero-order valence-corrected chi connectivity index (χ0v) is 20.4. The number of hydrogen-bond acceptors (Lipinski definition) is 2. The molecule has 0 aliphatic carbocycles. The molecule has 0 spiro atoms. The van der Waals surface area contributed by atoms with E-state index in [2.05, 4.69) is 72.8 Å². The lowest BCUT2D eigenvalue weighted by molar-refractivity contribution is 1.06. The number of anilines is 1. The van der Waals surface area contributed by atoms with Gasteiger partial charge in [0.2, 0.25) is 0 Å². The Morgan fingerprint density at radius 1 is 0.967 bits per heavy atom. The molecule has 162 valence electrons. The topological polar surface area (TPSA) is 29.3 Å². The number of allylic oxidation sites excluding steroid dienone is 1. The monoisotopic (exact) mass is 405 g/mol. The summed E-state index contributed by atoms with van der Waals surface area (Å²) in [6, 6.07) is 15.1. The summed E-state index contributed by atoms with van der Waals surface area (Å²) in [6.07, 6.45) is 0. The first-order chi connectivity index (χ1) is 14.6. The van der Waals surface area contributed by atoms with E-state index in [0.29, 0.717) is 6.54 Å². The Bertz CT molecular complexity index is 1010. The van der Waals surface area contributed by atoms with Gasteiger partial charge in [-0.3, -0.25) is 9.56 Å². The molecule has 0 atom stereocenters. The number of aliphatic imine (C=N–C) groups is 1. The Morgan fingerprint density at radius 3 is 2.23 bits per heavy atom. The first-order valence-corrected chi connectivity index (χ1v) is 11.2. The van der Waals surface area contributed by atoms with Crippen LogP contribution in [0.4, 0.5) is 5.69 Å². The minimum atomic E-state index is 0.712. The Morgan fingerprint density at radius 2 is 1.60 bits per heavy atom. The van der Waals surface area contributed by atoms with E-state index < -0.39 is 0 Å². The summed E-state index contributed by atoms with van der Waals surface area (Å²) in [5.74, 6) is 1.02. The van der Waals surface area contributed by atoms with Crippen LogP contribution in [0.15, 0.2) is 59.7 Å². The van der Waals surface area contributed by atoms with E-state index in [1.165, 1.54) is 33.3 Å². The molecule has 3 nitrogen and oxygen atoms in total. The number of nitrogens with zero attached hydrogens (tertiary/aromatic N) is 2. The molecule has 3 aromatic rings. The third-order valence-electron chi connectivity index (χ3n) is 4.54. The van der Waals surface area contributed by atoms with E-state index in [1.807, 2.05) is 48.5 Å². The van der Waals surface area contributed by atoms with Crippen LogP contribution < -0.4 is 5.32 Å². The Balaban J connectivity index is 0.000000691. The van der Waals surface area contributed by atoms with E-state index in [-0.39, 0.29) is 0 Å². The van der Waals surface area contributed by atoms with Crippen LogP contribution in [0.5, 0.6) is 0 Å². The lowest BCUT2D eigenvalue weighted by Crippen LogP contribution is -2.08. The van der Waals surface area contributed by atoms with Gasteiger partial charge >= 0.3 is 0 Å². The molecule has 2 aromatic carbocycles. The van der Waals surface area contributed by atoms with E-state index in [1.54, 1.807) is 0 Å². The summed E-state index contributed by atoms with van der Waals surface area (Å²) >= 11 is 0. The second-order valence-corrected chi connectivity index (χ2v) is 6.51. The smallest absolute Gasteiger partial charge is 0.105 e. The van der Waals surface area contributed by atoms with Crippen molar-refractivity contribution in [1.29, 1.82) is 0 Å². The fourth-order valence-electron chi connectivity index (χ4n) is 3.49. The van der Waals surface area contributed by atoms with Gasteiger partial charge in [-0.25, -0.2) is 0 Å². The van der Waals surface area contributed by atoms with Crippen molar-refractivity contribution in [3.63, 3.8) is 0 Å². The molecule has 1 aliphatic rings. The molecule has 0 saturated heterocycles. The normalized spacial score (nSPS) is 11.0. The van der Waals surface area contributed by atoms with Crippen molar-refractivity contribution in [3.8, 4) is 11.3 Å². The number of rotatable bonds is 2. The van der Waals surface area contributed by atoms with Crippen molar-refractivity contribution in [2.75, 3.05) is 5.32 Å². The second kappa shape index (κ2) is 12.0. The van der Waals surface area contributed by atoms with Gasteiger partial charge in [0.15, 0.2) is 0 Å². The molecule has 2 heterocycles. The lowest BCUT2D eigenvalue weighted by Gasteiger charge is -2.13. The maximum Gasteiger partial charge on any atom is 0.105 e. The van der Waals surface area contributed by atoms with Crippen LogP contribution in [-0.2, 0) is 6.54 Å². The van der Waals surface area contributed by atoms with E-state index >= 15 is 0 Å². The molecule has 0 fully saturated rings. The number of aryl methyl sites for hydroxylation is 1. The Labute approximate surface area is 183 Å². The van der Waals surface area contributed by atoms with Crippen LogP contribution in [0.2, 0.25) is 0 Å². The number of para-hydroxylation sites is 1. The summed E-state index contributed by atoms with van der Waals surface area (Å²) in [5.41, 5.74) is 8.15. The van der Waals surface area contributed by atoms with E-state index in [9.17, 15) is 0 Å². The molecular formula is C27H39N3. The average molecular weight is 406 g/mol. The molecular weight excluding hydrogens is 366 g/mol. The lowest BCUT2D eigenvalue weighted by atomic mass is 10.0. The summed E-state index contributed by atoms with van der Waals surface area (Å²) < 4.78 is 2.27. The van der Waals surface area contributed by atoms with E-state index in [0.717, 1.165) is 17.2 Å². The molecule has 4 rings (SSSR count). The summed E-state index contributed by atoms with van der Waals surface area (Å²) in [7, 11) is 0. The van der Waals surface area contributed by atoms with Crippen molar-refractivity contribution in [1.82, 2.24) is 4.57 Å². The van der Waals surface area contributed by atoms with Crippen LogP contribution in [0.1, 0.15) is 66.5 Å². The van der Waals surface area contributed by atoms with Gasteiger partial charge < -0.3 is 5.32 Å². The maximum atomic E-state index is 4.81. The Kier molecular flexibility index (Phi) is 10.1. The Hall–Kier alpha value is -2.81. The third-order valence-corrected chi connectivity index (χ3v) is 4.54. The highest BCUT2D eigenvalue weighted by Crippen LogP contribution is 2.41. The highest BCUT2D eigenvalue weighted by Gasteiger charge is 2.23. The van der Waals surface area contributed by atoms with Crippen LogP contribution in [0.25, 0.3) is 22.2 Å². The van der Waals surface area contributed by atoms with Crippen LogP contribution in [0, 0.1) is 6.92 Å². The predicted molar refractivity (Wildman–Crippen MR) is 137 cm³/mol. The summed E-state index contributed by atoms with van der Waals surface area (Å²) in [6.45, 7) is 23.0. The summed E-state index contributed by atoms with van der Waals surface area (Å²) in [4.78, 5) is 4.81. The number of fused-ring (bicyclic) bond motifs is 5. The largest absolute Gasteiger partial charge is 0.357 e. The van der Waals surface area contributed by atoms with E-state index in [4.69, 9.17) is 4.99 Å². The molecule has 30 heavy (non-hydrogen) atoms. The zero-order chi connectivity index (χ0) is 22.8. The minimum absolute atomic E-state index is 0.712. The molecule has 0 bridgehead atoms. The molecule has 0 saturated carbocycles. The number of hydrogen-bond donors (Lipinski definition) is 1. The van der Waals surface area contributed by atoms with Crippen LogP contribution in [-0.4, -0.2) is 10.4 Å². The van der Waals surface area contributed by atoms with Gasteiger partial charge in [0.05, 0.1) is 23.4 Å². The van der Waals surface area contributed by atoms with Gasteiger partial charge in [-0.2, -0.15) is 0 Å². The van der Waals surface area contributed by atoms with Gasteiger partial charge in [-0.15, -0.1) is 0 Å². The molecule has 1 N–H and O–H groups in total. The zero-order valence-electron chi connectivity index (χ0n) is 20.4. The highest BCUT2D eigenvalue weighted by atomic mass is 15.1. The first-order valence-electron chi connectivity index (χ1n) is 11.2. The van der Waals surface area contributed by atoms with Gasteiger partial charge in [-0.1, -0.05) is 84.0 Å². The highest BCUT2D eigenvalue weighted by molar-refractivity contribution is 6.10. The molecule has 0 amide bonds. The van der Waals surface area contributed by atoms with Gasteiger partial charge in [0.1, 0.15) is 5.84 Å². The number of benzene rings is 2. The van der Waals surface area contributed by atoms with Crippen molar-refractivity contribution < 1.29 is 0 Å². The van der Waals surface area contributed by atoms with Crippen molar-refractivity contribution >= 4 is 22.4 Å². The molecule has 3 heteroatoms. The second-order valence-electron chi connectivity index (χ2n) is 6.51. The van der Waals surface area contributed by atoms with Crippen LogP contribution >= 0.6 is 0 Å². The quantitative estimate of drug-likeness (QED) is 0.455. The first kappa shape index (κ1) is 25.2. The fourth-order valence-corrected chi connectivity index (χ4v) is 3.49. The fraction of sp³-hybridized carbons (Fsp3) is 0.370. The molecule has 1 aliphatic heterocycles. The average Bonchev–Trinajstić information content (AvgIpc) is 3.02. The van der Waals surface area contributed by atoms with Gasteiger partial charge in [0.25, 0.3) is 0 Å². The van der Waals surface area contributed by atoms with Gasteiger partial charge in [0, 0.05) is 16.6 Å². The SMILES string of the molecule is C=C(C)Nc1c2n(c3ccccc13)C(C)=NCc1ccc(C)cc1-2.CC.CC.CC. The third kappa shape index (κ3) is 5.02. The summed E-state index contributed by atoms with van der Waals surface area (Å²) in [5, 5.41) is 4.69. The van der Waals surface area contributed by atoms with Crippen LogP contribution in [0.3, 0.4) is 0 Å². The van der Waals surface area contributed by atoms with Crippen molar-refractivity contribution in [2.24, 2.45) is 4.99 Å². The van der Waals surface area contributed by atoms with Gasteiger partial charge in [-0.05, 0) is 38.5 Å². The van der Waals surface area contributed by atoms with Crippen molar-refractivity contribution in [3.05, 3.63) is 65.9 Å².